The van der Waals surface area contributed by atoms with E-state index in [1.165, 1.54) is 6.07 Å². The van der Waals surface area contributed by atoms with Gasteiger partial charge in [0.1, 0.15) is 5.82 Å². The molecule has 0 amide bonds. The molecule has 0 fully saturated rings. The molecule has 2 aromatic rings. The van der Waals surface area contributed by atoms with Crippen molar-refractivity contribution in [2.45, 2.75) is 19.9 Å². The number of aromatic nitrogens is 2. The zero-order valence-electron chi connectivity index (χ0n) is 9.31. The highest BCUT2D eigenvalue weighted by molar-refractivity contribution is 5.39. The van der Waals surface area contributed by atoms with Gasteiger partial charge >= 0.3 is 0 Å². The first kappa shape index (κ1) is 10.8. The number of nitrogens with zero attached hydrogens (tertiary/aromatic N) is 2. The Kier molecular flexibility index (Phi) is 2.75. The zero-order chi connectivity index (χ0) is 11.7. The average molecular weight is 219 g/mol. The molecule has 1 aromatic carbocycles. The first-order chi connectivity index (χ1) is 7.59. The largest absolute Gasteiger partial charge is 0.323 e. The van der Waals surface area contributed by atoms with Crippen molar-refractivity contribution in [1.82, 2.24) is 9.55 Å². The van der Waals surface area contributed by atoms with Gasteiger partial charge in [0.2, 0.25) is 0 Å². The Hall–Kier alpha value is -1.68. The van der Waals surface area contributed by atoms with Crippen molar-refractivity contribution in [3.8, 4) is 5.69 Å². The standard InChI is InChI=1S/C12H14FN3/c1-8-3-4-10(13)11(5-8)16-7-15-6-12(16)9(2)14/h3-7,9H,14H2,1-2H3/t9-/m1/s1. The quantitative estimate of drug-likeness (QED) is 0.842. The molecule has 0 saturated carbocycles. The highest BCUT2D eigenvalue weighted by Gasteiger charge is 2.11. The van der Waals surface area contributed by atoms with E-state index in [1.807, 2.05) is 13.8 Å². The minimum absolute atomic E-state index is 0.178. The van der Waals surface area contributed by atoms with Crippen LogP contribution in [-0.4, -0.2) is 9.55 Å². The maximum Gasteiger partial charge on any atom is 0.147 e. The summed E-state index contributed by atoms with van der Waals surface area (Å²) in [5.41, 5.74) is 8.09. The van der Waals surface area contributed by atoms with Crippen molar-refractivity contribution >= 4 is 0 Å². The molecule has 1 heterocycles. The predicted molar refractivity (Wildman–Crippen MR) is 60.9 cm³/mol. The fourth-order valence-electron chi connectivity index (χ4n) is 1.65. The molecule has 3 nitrogen and oxygen atoms in total. The molecule has 0 unspecified atom stereocenters. The van der Waals surface area contributed by atoms with Gasteiger partial charge in [0, 0.05) is 6.04 Å². The van der Waals surface area contributed by atoms with Crippen molar-refractivity contribution < 1.29 is 4.39 Å². The molecule has 2 N–H and O–H groups in total. The molecule has 0 radical (unpaired) electrons. The van der Waals surface area contributed by atoms with Gasteiger partial charge in [-0.15, -0.1) is 0 Å². The summed E-state index contributed by atoms with van der Waals surface area (Å²) in [5.74, 6) is -0.273. The van der Waals surface area contributed by atoms with Crippen LogP contribution in [0.25, 0.3) is 5.69 Å². The summed E-state index contributed by atoms with van der Waals surface area (Å²) in [6.07, 6.45) is 3.24. The smallest absolute Gasteiger partial charge is 0.147 e. The van der Waals surface area contributed by atoms with Gasteiger partial charge < -0.3 is 5.73 Å². The molecule has 0 aliphatic rings. The lowest BCUT2D eigenvalue weighted by Crippen LogP contribution is -2.11. The molecule has 1 atom stereocenters. The Morgan fingerprint density at radius 1 is 1.44 bits per heavy atom. The Morgan fingerprint density at radius 3 is 2.88 bits per heavy atom. The van der Waals surface area contributed by atoms with Gasteiger partial charge in [-0.25, -0.2) is 9.37 Å². The van der Waals surface area contributed by atoms with Gasteiger partial charge in [0.05, 0.1) is 23.9 Å². The molecule has 0 spiro atoms. The van der Waals surface area contributed by atoms with E-state index in [-0.39, 0.29) is 11.9 Å². The van der Waals surface area contributed by atoms with Gasteiger partial charge in [-0.3, -0.25) is 4.57 Å². The molecule has 1 aromatic heterocycles. The van der Waals surface area contributed by atoms with Crippen LogP contribution in [0.1, 0.15) is 24.2 Å². The summed E-state index contributed by atoms with van der Waals surface area (Å²) in [4.78, 5) is 4.01. The van der Waals surface area contributed by atoms with Crippen molar-refractivity contribution in [2.24, 2.45) is 5.73 Å². The minimum atomic E-state index is -0.273. The predicted octanol–water partition coefficient (Wildman–Crippen LogP) is 2.34. The number of benzene rings is 1. The molecule has 4 heteroatoms. The molecule has 0 bridgehead atoms. The van der Waals surface area contributed by atoms with E-state index in [9.17, 15) is 4.39 Å². The fraction of sp³-hybridized carbons (Fsp3) is 0.250. The molecule has 16 heavy (non-hydrogen) atoms. The van der Waals surface area contributed by atoms with Gasteiger partial charge in [0.15, 0.2) is 0 Å². The van der Waals surface area contributed by atoms with Crippen molar-refractivity contribution in [1.29, 1.82) is 0 Å². The van der Waals surface area contributed by atoms with Crippen LogP contribution in [0.15, 0.2) is 30.7 Å². The number of hydrogen-bond donors (Lipinski definition) is 1. The maximum atomic E-state index is 13.7. The number of nitrogens with two attached hydrogens (primary N) is 1. The average Bonchev–Trinajstić information content (AvgIpc) is 2.70. The summed E-state index contributed by atoms with van der Waals surface area (Å²) in [6.45, 7) is 3.77. The number of hydrogen-bond acceptors (Lipinski definition) is 2. The third-order valence-electron chi connectivity index (χ3n) is 2.49. The Morgan fingerprint density at radius 2 is 2.19 bits per heavy atom. The first-order valence-electron chi connectivity index (χ1n) is 5.14. The lowest BCUT2D eigenvalue weighted by atomic mass is 10.2. The van der Waals surface area contributed by atoms with Crippen LogP contribution in [0.4, 0.5) is 4.39 Å². The molecule has 0 saturated heterocycles. The summed E-state index contributed by atoms with van der Waals surface area (Å²) in [7, 11) is 0. The van der Waals surface area contributed by atoms with E-state index in [4.69, 9.17) is 5.73 Å². The number of aryl methyl sites for hydroxylation is 1. The summed E-state index contributed by atoms with van der Waals surface area (Å²) in [6, 6.07) is 4.79. The van der Waals surface area contributed by atoms with Crippen LogP contribution < -0.4 is 5.73 Å². The number of imidazole rings is 1. The van der Waals surface area contributed by atoms with Gasteiger partial charge in [0.25, 0.3) is 0 Å². The Balaban J connectivity index is 2.58. The van der Waals surface area contributed by atoms with E-state index in [0.717, 1.165) is 11.3 Å². The summed E-state index contributed by atoms with van der Waals surface area (Å²) >= 11 is 0. The second-order valence-electron chi connectivity index (χ2n) is 3.93. The van der Waals surface area contributed by atoms with E-state index >= 15 is 0 Å². The highest BCUT2D eigenvalue weighted by atomic mass is 19.1. The molecule has 2 rings (SSSR count). The fourth-order valence-corrected chi connectivity index (χ4v) is 1.65. The van der Waals surface area contributed by atoms with E-state index in [0.29, 0.717) is 5.69 Å². The van der Waals surface area contributed by atoms with E-state index < -0.39 is 0 Å². The van der Waals surface area contributed by atoms with E-state index in [1.54, 1.807) is 29.2 Å². The molecular weight excluding hydrogens is 205 g/mol. The van der Waals surface area contributed by atoms with Crippen molar-refractivity contribution in [3.63, 3.8) is 0 Å². The Bertz CT molecular complexity index is 503. The SMILES string of the molecule is Cc1ccc(F)c(-n2cncc2[C@@H](C)N)c1. The van der Waals surface area contributed by atoms with Crippen LogP contribution in [0.2, 0.25) is 0 Å². The Labute approximate surface area is 93.7 Å². The zero-order valence-corrected chi connectivity index (χ0v) is 9.31. The van der Waals surface area contributed by atoms with Gasteiger partial charge in [-0.2, -0.15) is 0 Å². The summed E-state index contributed by atoms with van der Waals surface area (Å²) in [5, 5.41) is 0. The first-order valence-corrected chi connectivity index (χ1v) is 5.14. The molecular formula is C12H14FN3. The molecule has 0 aliphatic heterocycles. The number of halogens is 1. The molecule has 84 valence electrons. The summed E-state index contributed by atoms with van der Waals surface area (Å²) < 4.78 is 15.4. The number of rotatable bonds is 2. The maximum absolute atomic E-state index is 13.7. The van der Waals surface area contributed by atoms with E-state index in [2.05, 4.69) is 4.98 Å². The third-order valence-corrected chi connectivity index (χ3v) is 2.49. The van der Waals surface area contributed by atoms with Gasteiger partial charge in [-0.05, 0) is 31.5 Å². The monoisotopic (exact) mass is 219 g/mol. The van der Waals surface area contributed by atoms with Crippen LogP contribution >= 0.6 is 0 Å². The highest BCUT2D eigenvalue weighted by Crippen LogP contribution is 2.19. The van der Waals surface area contributed by atoms with Crippen LogP contribution in [0, 0.1) is 12.7 Å². The lowest BCUT2D eigenvalue weighted by Gasteiger charge is -2.12. The normalized spacial score (nSPS) is 12.8. The minimum Gasteiger partial charge on any atom is -0.323 e. The van der Waals surface area contributed by atoms with Crippen LogP contribution in [0.5, 0.6) is 0 Å². The van der Waals surface area contributed by atoms with Crippen LogP contribution in [0.3, 0.4) is 0 Å². The van der Waals surface area contributed by atoms with Crippen molar-refractivity contribution in [2.75, 3.05) is 0 Å². The van der Waals surface area contributed by atoms with Crippen LogP contribution in [-0.2, 0) is 0 Å². The van der Waals surface area contributed by atoms with Gasteiger partial charge in [-0.1, -0.05) is 6.07 Å². The second kappa shape index (κ2) is 4.06. The third kappa shape index (κ3) is 1.84. The molecule has 0 aliphatic carbocycles. The topological polar surface area (TPSA) is 43.8 Å². The second-order valence-corrected chi connectivity index (χ2v) is 3.93. The lowest BCUT2D eigenvalue weighted by molar-refractivity contribution is 0.612. The van der Waals surface area contributed by atoms with Crippen molar-refractivity contribution in [3.05, 3.63) is 47.8 Å².